The Hall–Kier alpha value is -3.01. The summed E-state index contributed by atoms with van der Waals surface area (Å²) in [6.45, 7) is 4.47. The van der Waals surface area contributed by atoms with Gasteiger partial charge in [0.2, 0.25) is 5.91 Å². The summed E-state index contributed by atoms with van der Waals surface area (Å²) in [6, 6.07) is 15.5. The van der Waals surface area contributed by atoms with Crippen LogP contribution in [0.2, 0.25) is 0 Å². The summed E-state index contributed by atoms with van der Waals surface area (Å²) >= 11 is 0. The molecule has 0 aliphatic rings. The molecule has 0 radical (unpaired) electrons. The number of carbonyl (C=O) groups is 1. The summed E-state index contributed by atoms with van der Waals surface area (Å²) in [5.74, 6) is 1.12. The van der Waals surface area contributed by atoms with Crippen molar-refractivity contribution >= 4 is 12.0 Å². The number of hydrogen-bond donors (Lipinski definition) is 1. The van der Waals surface area contributed by atoms with E-state index in [0.29, 0.717) is 24.7 Å². The molecule has 0 atom stereocenters. The van der Waals surface area contributed by atoms with Crippen molar-refractivity contribution in [3.63, 3.8) is 0 Å². The van der Waals surface area contributed by atoms with E-state index < -0.39 is 0 Å². The lowest BCUT2D eigenvalue weighted by atomic mass is 10.2. The van der Waals surface area contributed by atoms with Crippen LogP contribution in [0.5, 0.6) is 11.5 Å². The smallest absolute Gasteiger partial charge is 0.244 e. The molecule has 0 fully saturated rings. The van der Waals surface area contributed by atoms with Crippen molar-refractivity contribution in [2.75, 3.05) is 13.7 Å². The first-order valence-corrected chi connectivity index (χ1v) is 7.64. The zero-order chi connectivity index (χ0) is 17.2. The molecule has 2 rings (SSSR count). The molecule has 0 aliphatic carbocycles. The molecule has 1 N–H and O–H groups in total. The van der Waals surface area contributed by atoms with Crippen LogP contribution in [-0.2, 0) is 11.4 Å². The molecule has 0 saturated heterocycles. The van der Waals surface area contributed by atoms with Gasteiger partial charge in [0, 0.05) is 12.6 Å². The van der Waals surface area contributed by atoms with E-state index in [9.17, 15) is 4.79 Å². The highest BCUT2D eigenvalue weighted by Gasteiger charge is 2.05. The minimum atomic E-state index is -0.168. The van der Waals surface area contributed by atoms with E-state index in [-0.39, 0.29) is 5.91 Å². The predicted octanol–water partition coefficient (Wildman–Crippen LogP) is 3.59. The largest absolute Gasteiger partial charge is 0.493 e. The van der Waals surface area contributed by atoms with Crippen molar-refractivity contribution in [1.82, 2.24) is 5.32 Å². The van der Waals surface area contributed by atoms with Gasteiger partial charge in [-0.15, -0.1) is 6.58 Å². The van der Waals surface area contributed by atoms with Crippen molar-refractivity contribution in [3.8, 4) is 11.5 Å². The summed E-state index contributed by atoms with van der Waals surface area (Å²) in [4.78, 5) is 11.6. The van der Waals surface area contributed by atoms with Gasteiger partial charge in [-0.05, 0) is 29.3 Å². The van der Waals surface area contributed by atoms with Crippen LogP contribution in [0.3, 0.4) is 0 Å². The third-order valence-corrected chi connectivity index (χ3v) is 3.27. The van der Waals surface area contributed by atoms with Gasteiger partial charge in [0.05, 0.1) is 7.11 Å². The molecule has 0 spiro atoms. The van der Waals surface area contributed by atoms with Crippen molar-refractivity contribution < 1.29 is 14.3 Å². The molecule has 2 aromatic rings. The maximum Gasteiger partial charge on any atom is 0.244 e. The Bertz CT molecular complexity index is 708. The molecule has 1 amide bonds. The molecule has 4 heteroatoms. The fourth-order valence-corrected chi connectivity index (χ4v) is 2.05. The van der Waals surface area contributed by atoms with Gasteiger partial charge < -0.3 is 14.8 Å². The topological polar surface area (TPSA) is 47.6 Å². The van der Waals surface area contributed by atoms with Crippen LogP contribution < -0.4 is 14.8 Å². The van der Waals surface area contributed by atoms with Gasteiger partial charge in [-0.3, -0.25) is 4.79 Å². The predicted molar refractivity (Wildman–Crippen MR) is 96.0 cm³/mol. The van der Waals surface area contributed by atoms with E-state index in [1.807, 2.05) is 48.5 Å². The van der Waals surface area contributed by atoms with Gasteiger partial charge in [0.15, 0.2) is 11.5 Å². The molecule has 124 valence electrons. The van der Waals surface area contributed by atoms with Crippen molar-refractivity contribution in [1.29, 1.82) is 0 Å². The first-order valence-electron chi connectivity index (χ1n) is 7.64. The average molecular weight is 323 g/mol. The Labute approximate surface area is 142 Å². The van der Waals surface area contributed by atoms with E-state index in [2.05, 4.69) is 11.9 Å². The van der Waals surface area contributed by atoms with Crippen LogP contribution in [0.25, 0.3) is 6.08 Å². The van der Waals surface area contributed by atoms with E-state index in [0.717, 1.165) is 11.1 Å². The summed E-state index contributed by atoms with van der Waals surface area (Å²) < 4.78 is 11.2. The Morgan fingerprint density at radius 2 is 1.96 bits per heavy atom. The molecule has 4 nitrogen and oxygen atoms in total. The molecule has 0 bridgehead atoms. The van der Waals surface area contributed by atoms with Crippen LogP contribution >= 0.6 is 0 Å². The van der Waals surface area contributed by atoms with Gasteiger partial charge >= 0.3 is 0 Å². The lowest BCUT2D eigenvalue weighted by Crippen LogP contribution is -2.20. The van der Waals surface area contributed by atoms with Gasteiger partial charge in [0.25, 0.3) is 0 Å². The Morgan fingerprint density at radius 1 is 1.17 bits per heavy atom. The number of nitrogens with one attached hydrogen (secondary N) is 1. The SMILES string of the molecule is C=CCNC(=O)C=Cc1ccc(OCc2ccccc2)c(OC)c1. The highest BCUT2D eigenvalue weighted by atomic mass is 16.5. The number of amides is 1. The number of methoxy groups -OCH3 is 1. The van der Waals surface area contributed by atoms with Crippen LogP contribution in [0.1, 0.15) is 11.1 Å². The lowest BCUT2D eigenvalue weighted by molar-refractivity contribution is -0.116. The number of carbonyl (C=O) groups excluding carboxylic acids is 1. The second-order valence-electron chi connectivity index (χ2n) is 5.05. The highest BCUT2D eigenvalue weighted by Crippen LogP contribution is 2.29. The third-order valence-electron chi connectivity index (χ3n) is 3.27. The first kappa shape index (κ1) is 17.3. The molecule has 0 aromatic heterocycles. The zero-order valence-electron chi connectivity index (χ0n) is 13.7. The standard InChI is InChI=1S/C20H21NO3/c1-3-13-21-20(22)12-10-16-9-11-18(19(14-16)23-2)24-15-17-7-5-4-6-8-17/h3-12,14H,1,13,15H2,2H3,(H,21,22). The van der Waals surface area contributed by atoms with Gasteiger partial charge in [-0.2, -0.15) is 0 Å². The van der Waals surface area contributed by atoms with E-state index >= 15 is 0 Å². The molecule has 2 aromatic carbocycles. The average Bonchev–Trinajstić information content (AvgIpc) is 2.64. The van der Waals surface area contributed by atoms with Gasteiger partial charge in [-0.1, -0.05) is 42.5 Å². The molecule has 24 heavy (non-hydrogen) atoms. The quantitative estimate of drug-likeness (QED) is 0.596. The molecule has 0 unspecified atom stereocenters. The van der Waals surface area contributed by atoms with Crippen molar-refractivity contribution in [3.05, 3.63) is 78.4 Å². The zero-order valence-corrected chi connectivity index (χ0v) is 13.7. The van der Waals surface area contributed by atoms with Crippen LogP contribution in [0.4, 0.5) is 0 Å². The van der Waals surface area contributed by atoms with E-state index in [1.54, 1.807) is 19.3 Å². The Kier molecular flexibility index (Phi) is 6.65. The summed E-state index contributed by atoms with van der Waals surface area (Å²) in [5.41, 5.74) is 1.94. The van der Waals surface area contributed by atoms with E-state index in [1.165, 1.54) is 6.08 Å². The van der Waals surface area contributed by atoms with Gasteiger partial charge in [0.1, 0.15) is 6.61 Å². The monoisotopic (exact) mass is 323 g/mol. The molecule has 0 aliphatic heterocycles. The maximum absolute atomic E-state index is 11.6. The third kappa shape index (κ3) is 5.32. The van der Waals surface area contributed by atoms with Crippen LogP contribution in [0.15, 0.2) is 67.3 Å². The Balaban J connectivity index is 2.03. The molecular formula is C20H21NO3. The molecule has 0 saturated carbocycles. The highest BCUT2D eigenvalue weighted by molar-refractivity contribution is 5.91. The lowest BCUT2D eigenvalue weighted by Gasteiger charge is -2.11. The van der Waals surface area contributed by atoms with Crippen molar-refractivity contribution in [2.45, 2.75) is 6.61 Å². The summed E-state index contributed by atoms with van der Waals surface area (Å²) in [5, 5.41) is 2.68. The van der Waals surface area contributed by atoms with Crippen molar-refractivity contribution in [2.24, 2.45) is 0 Å². The summed E-state index contributed by atoms with van der Waals surface area (Å²) in [6.07, 6.45) is 4.83. The van der Waals surface area contributed by atoms with E-state index in [4.69, 9.17) is 9.47 Å². The number of rotatable bonds is 8. The fraction of sp³-hybridized carbons (Fsp3) is 0.150. The normalized spacial score (nSPS) is 10.4. The summed E-state index contributed by atoms with van der Waals surface area (Å²) in [7, 11) is 1.59. The van der Waals surface area contributed by atoms with Crippen LogP contribution in [0, 0.1) is 0 Å². The second kappa shape index (κ2) is 9.20. The second-order valence-corrected chi connectivity index (χ2v) is 5.05. The fourth-order valence-electron chi connectivity index (χ4n) is 2.05. The molecule has 0 heterocycles. The molecular weight excluding hydrogens is 302 g/mol. The first-order chi connectivity index (χ1) is 11.7. The maximum atomic E-state index is 11.6. The minimum Gasteiger partial charge on any atom is -0.493 e. The number of hydrogen-bond acceptors (Lipinski definition) is 3. The minimum absolute atomic E-state index is 0.168. The number of ether oxygens (including phenoxy) is 2. The van der Waals surface area contributed by atoms with Crippen LogP contribution in [-0.4, -0.2) is 19.6 Å². The Morgan fingerprint density at radius 3 is 2.67 bits per heavy atom. The van der Waals surface area contributed by atoms with Gasteiger partial charge in [-0.25, -0.2) is 0 Å². The number of benzene rings is 2.